The van der Waals surface area contributed by atoms with Gasteiger partial charge in [0.15, 0.2) is 0 Å². The van der Waals surface area contributed by atoms with Crippen LogP contribution in [0.2, 0.25) is 0 Å². The Hall–Kier alpha value is -1.59. The minimum absolute atomic E-state index is 0.0221. The molecule has 0 bridgehead atoms. The van der Waals surface area contributed by atoms with E-state index in [1.165, 1.54) is 0 Å². The van der Waals surface area contributed by atoms with Gasteiger partial charge < -0.3 is 15.3 Å². The molecule has 1 unspecified atom stereocenters. The molecule has 1 saturated heterocycles. The van der Waals surface area contributed by atoms with Crippen LogP contribution in [0.3, 0.4) is 0 Å². The van der Waals surface area contributed by atoms with Crippen molar-refractivity contribution in [2.24, 2.45) is 5.92 Å². The van der Waals surface area contributed by atoms with E-state index in [4.69, 9.17) is 5.11 Å². The first kappa shape index (κ1) is 15.3. The van der Waals surface area contributed by atoms with Crippen molar-refractivity contribution >= 4 is 17.8 Å². The van der Waals surface area contributed by atoms with Crippen LogP contribution in [0.25, 0.3) is 0 Å². The molecule has 1 atom stereocenters. The molecule has 0 aromatic rings. The third-order valence-corrected chi connectivity index (χ3v) is 5.48. The van der Waals surface area contributed by atoms with Crippen LogP contribution in [0.4, 0.5) is 0 Å². The van der Waals surface area contributed by atoms with E-state index in [1.54, 1.807) is 0 Å². The first-order valence-corrected chi connectivity index (χ1v) is 8.32. The van der Waals surface area contributed by atoms with E-state index in [9.17, 15) is 14.4 Å². The van der Waals surface area contributed by atoms with Gasteiger partial charge in [0.05, 0.1) is 17.9 Å². The fraction of sp³-hybridized carbons (Fsp3) is 0.812. The number of hydrogen-bond donors (Lipinski definition) is 2. The van der Waals surface area contributed by atoms with Crippen molar-refractivity contribution in [2.75, 3.05) is 6.54 Å². The quantitative estimate of drug-likeness (QED) is 0.801. The number of carboxylic acid groups (broad SMARTS) is 1. The predicted molar refractivity (Wildman–Crippen MR) is 79.1 cm³/mol. The first-order valence-electron chi connectivity index (χ1n) is 8.32. The molecule has 1 heterocycles. The second-order valence-electron chi connectivity index (χ2n) is 7.08. The van der Waals surface area contributed by atoms with Crippen molar-refractivity contribution in [2.45, 2.75) is 69.4 Å². The average molecular weight is 308 g/mol. The highest BCUT2D eigenvalue weighted by Gasteiger charge is 2.44. The lowest BCUT2D eigenvalue weighted by molar-refractivity contribution is -0.141. The summed E-state index contributed by atoms with van der Waals surface area (Å²) < 4.78 is 0. The maximum absolute atomic E-state index is 12.5. The number of nitrogens with one attached hydrogen (secondary N) is 1. The van der Waals surface area contributed by atoms with E-state index in [2.05, 4.69) is 5.32 Å². The summed E-state index contributed by atoms with van der Waals surface area (Å²) in [6, 6.07) is 0.307. The predicted octanol–water partition coefficient (Wildman–Crippen LogP) is 1.29. The molecule has 3 fully saturated rings. The molecule has 1 aliphatic heterocycles. The topological polar surface area (TPSA) is 86.7 Å². The maximum Gasteiger partial charge on any atom is 0.305 e. The number of hydrogen-bond acceptors (Lipinski definition) is 3. The number of carboxylic acids is 1. The van der Waals surface area contributed by atoms with Gasteiger partial charge in [0.25, 0.3) is 0 Å². The lowest BCUT2D eigenvalue weighted by Gasteiger charge is -2.42. The van der Waals surface area contributed by atoms with Gasteiger partial charge in [0.2, 0.25) is 11.8 Å². The third kappa shape index (κ3) is 2.96. The zero-order valence-corrected chi connectivity index (χ0v) is 12.8. The van der Waals surface area contributed by atoms with Gasteiger partial charge in [0.1, 0.15) is 0 Å². The van der Waals surface area contributed by atoms with E-state index in [0.717, 1.165) is 44.9 Å². The van der Waals surface area contributed by atoms with Gasteiger partial charge in [-0.3, -0.25) is 14.4 Å². The van der Waals surface area contributed by atoms with Gasteiger partial charge >= 0.3 is 5.97 Å². The molecule has 2 aliphatic carbocycles. The summed E-state index contributed by atoms with van der Waals surface area (Å²) in [5.74, 6) is -1.27. The standard InChI is InChI=1S/C16H24N2O4/c19-13-8-11(10-18(13)12-4-1-2-5-12)15(22)17-16(6-3-7-16)9-14(20)21/h11-12H,1-10H2,(H,17,22)(H,20,21). The number of rotatable bonds is 5. The molecule has 3 rings (SSSR count). The lowest BCUT2D eigenvalue weighted by atomic mass is 9.74. The normalized spacial score (nSPS) is 27.7. The van der Waals surface area contributed by atoms with Gasteiger partial charge in [-0.1, -0.05) is 12.8 Å². The summed E-state index contributed by atoms with van der Waals surface area (Å²) in [6.07, 6.45) is 7.05. The summed E-state index contributed by atoms with van der Waals surface area (Å²) in [5.41, 5.74) is -0.577. The Bertz CT molecular complexity index is 481. The molecular weight excluding hydrogens is 284 g/mol. The number of carbonyl (C=O) groups is 3. The zero-order valence-electron chi connectivity index (χ0n) is 12.8. The summed E-state index contributed by atoms with van der Waals surface area (Å²) >= 11 is 0. The second kappa shape index (κ2) is 5.89. The van der Waals surface area contributed by atoms with Crippen molar-refractivity contribution < 1.29 is 19.5 Å². The maximum atomic E-state index is 12.5. The number of aliphatic carboxylic acids is 1. The van der Waals surface area contributed by atoms with E-state index in [-0.39, 0.29) is 30.6 Å². The molecular formula is C16H24N2O4. The molecule has 3 aliphatic rings. The highest BCUT2D eigenvalue weighted by atomic mass is 16.4. The zero-order chi connectivity index (χ0) is 15.7. The molecule has 6 nitrogen and oxygen atoms in total. The number of amides is 2. The van der Waals surface area contributed by atoms with Crippen LogP contribution in [-0.2, 0) is 14.4 Å². The van der Waals surface area contributed by atoms with E-state index < -0.39 is 11.5 Å². The minimum Gasteiger partial charge on any atom is -0.481 e. The van der Waals surface area contributed by atoms with Crippen LogP contribution in [0.5, 0.6) is 0 Å². The second-order valence-corrected chi connectivity index (χ2v) is 7.08. The number of nitrogens with zero attached hydrogens (tertiary/aromatic N) is 1. The highest BCUT2D eigenvalue weighted by Crippen LogP contribution is 2.36. The Labute approximate surface area is 130 Å². The third-order valence-electron chi connectivity index (χ3n) is 5.48. The SMILES string of the molecule is O=C(O)CC1(NC(=O)C2CC(=O)N(C3CCCC3)C2)CCC1. The molecule has 0 radical (unpaired) electrons. The molecule has 22 heavy (non-hydrogen) atoms. The fourth-order valence-electron chi connectivity index (χ4n) is 4.08. The Morgan fingerprint density at radius 2 is 1.91 bits per heavy atom. The Morgan fingerprint density at radius 1 is 1.23 bits per heavy atom. The molecule has 2 saturated carbocycles. The van der Waals surface area contributed by atoms with Crippen molar-refractivity contribution in [3.8, 4) is 0 Å². The first-order chi connectivity index (χ1) is 10.5. The minimum atomic E-state index is -0.880. The molecule has 122 valence electrons. The number of likely N-dealkylation sites (tertiary alicyclic amines) is 1. The average Bonchev–Trinajstić information content (AvgIpc) is 3.04. The molecule has 6 heteroatoms. The van der Waals surface area contributed by atoms with Crippen molar-refractivity contribution in [1.29, 1.82) is 0 Å². The van der Waals surface area contributed by atoms with Crippen LogP contribution in [0.1, 0.15) is 57.8 Å². The van der Waals surface area contributed by atoms with Crippen LogP contribution in [0.15, 0.2) is 0 Å². The summed E-state index contributed by atoms with van der Waals surface area (Å²) in [7, 11) is 0. The van der Waals surface area contributed by atoms with Crippen LogP contribution < -0.4 is 5.32 Å². The molecule has 2 amide bonds. The van der Waals surface area contributed by atoms with Crippen molar-refractivity contribution in [1.82, 2.24) is 10.2 Å². The van der Waals surface area contributed by atoms with Gasteiger partial charge in [-0.15, -0.1) is 0 Å². The van der Waals surface area contributed by atoms with Crippen LogP contribution >= 0.6 is 0 Å². The van der Waals surface area contributed by atoms with Crippen LogP contribution in [-0.4, -0.2) is 45.9 Å². The van der Waals surface area contributed by atoms with Gasteiger partial charge in [-0.05, 0) is 32.1 Å². The summed E-state index contributed by atoms with van der Waals surface area (Å²) in [4.78, 5) is 37.5. The summed E-state index contributed by atoms with van der Waals surface area (Å²) in [6.45, 7) is 0.498. The molecule has 0 aromatic carbocycles. The van der Waals surface area contributed by atoms with Crippen LogP contribution in [0, 0.1) is 5.92 Å². The molecule has 0 aromatic heterocycles. The summed E-state index contributed by atoms with van der Waals surface area (Å²) in [5, 5.41) is 11.9. The van der Waals surface area contributed by atoms with E-state index in [1.807, 2.05) is 4.90 Å². The fourth-order valence-corrected chi connectivity index (χ4v) is 4.08. The van der Waals surface area contributed by atoms with Gasteiger partial charge in [-0.25, -0.2) is 0 Å². The Kier molecular flexibility index (Phi) is 4.10. The Morgan fingerprint density at radius 3 is 2.45 bits per heavy atom. The van der Waals surface area contributed by atoms with Gasteiger partial charge in [0, 0.05) is 19.0 Å². The van der Waals surface area contributed by atoms with Crippen molar-refractivity contribution in [3.05, 3.63) is 0 Å². The van der Waals surface area contributed by atoms with E-state index in [0.29, 0.717) is 12.6 Å². The Balaban J connectivity index is 1.58. The van der Waals surface area contributed by atoms with E-state index >= 15 is 0 Å². The van der Waals surface area contributed by atoms with Gasteiger partial charge in [-0.2, -0.15) is 0 Å². The monoisotopic (exact) mass is 308 g/mol. The smallest absolute Gasteiger partial charge is 0.305 e. The van der Waals surface area contributed by atoms with Crippen molar-refractivity contribution in [3.63, 3.8) is 0 Å². The highest BCUT2D eigenvalue weighted by molar-refractivity contribution is 5.90. The lowest BCUT2D eigenvalue weighted by Crippen LogP contribution is -2.56. The molecule has 2 N–H and O–H groups in total. The largest absolute Gasteiger partial charge is 0.481 e. The number of carbonyl (C=O) groups excluding carboxylic acids is 2. The molecule has 0 spiro atoms.